The molecule has 3 atom stereocenters. The number of hydrogen-bond acceptors (Lipinski definition) is 7. The molecular formula is C16H22N4O4S2. The number of urea groups is 1. The van der Waals surface area contributed by atoms with Gasteiger partial charge < -0.3 is 20.7 Å². The van der Waals surface area contributed by atoms with Crippen LogP contribution in [-0.2, 0) is 9.53 Å². The molecule has 3 heterocycles. The van der Waals surface area contributed by atoms with Crippen molar-refractivity contribution in [2.45, 2.75) is 49.9 Å². The molecule has 0 spiro atoms. The number of hydrogen-bond donors (Lipinski definition) is 3. The van der Waals surface area contributed by atoms with Crippen molar-refractivity contribution in [3.05, 3.63) is 10.6 Å². The third kappa shape index (κ3) is 4.29. The van der Waals surface area contributed by atoms with Gasteiger partial charge in [0.2, 0.25) is 5.91 Å². The minimum absolute atomic E-state index is 0.0743. The van der Waals surface area contributed by atoms with Crippen LogP contribution in [0.3, 0.4) is 0 Å². The highest BCUT2D eigenvalue weighted by Gasteiger charge is 2.42. The van der Waals surface area contributed by atoms with E-state index < -0.39 is 5.97 Å². The molecule has 0 bridgehead atoms. The second-order valence-electron chi connectivity index (χ2n) is 6.34. The van der Waals surface area contributed by atoms with Gasteiger partial charge in [0, 0.05) is 17.4 Å². The lowest BCUT2D eigenvalue weighted by atomic mass is 10.0. The summed E-state index contributed by atoms with van der Waals surface area (Å²) in [5.74, 6) is 0.393. The zero-order valence-electron chi connectivity index (χ0n) is 14.7. The predicted molar refractivity (Wildman–Crippen MR) is 101 cm³/mol. The van der Waals surface area contributed by atoms with Crippen molar-refractivity contribution in [1.29, 1.82) is 0 Å². The van der Waals surface area contributed by atoms with Crippen molar-refractivity contribution in [3.8, 4) is 0 Å². The number of anilines is 1. The topological polar surface area (TPSA) is 109 Å². The molecule has 3 rings (SSSR count). The fourth-order valence-corrected chi connectivity index (χ4v) is 5.63. The second-order valence-corrected chi connectivity index (χ2v) is 8.61. The first kappa shape index (κ1) is 19.0. The van der Waals surface area contributed by atoms with Crippen LogP contribution in [0.2, 0.25) is 0 Å². The van der Waals surface area contributed by atoms with Gasteiger partial charge in [-0.2, -0.15) is 11.8 Å². The highest BCUT2D eigenvalue weighted by Crippen LogP contribution is 2.33. The van der Waals surface area contributed by atoms with Crippen molar-refractivity contribution in [3.63, 3.8) is 0 Å². The summed E-state index contributed by atoms with van der Waals surface area (Å²) in [7, 11) is 1.32. The molecule has 0 saturated carbocycles. The monoisotopic (exact) mass is 398 g/mol. The molecule has 0 radical (unpaired) electrons. The van der Waals surface area contributed by atoms with Gasteiger partial charge in [-0.15, -0.1) is 0 Å². The van der Waals surface area contributed by atoms with Crippen molar-refractivity contribution in [1.82, 2.24) is 15.6 Å². The lowest BCUT2D eigenvalue weighted by Crippen LogP contribution is -2.36. The lowest BCUT2D eigenvalue weighted by molar-refractivity contribution is -0.116. The van der Waals surface area contributed by atoms with E-state index in [4.69, 9.17) is 0 Å². The first-order chi connectivity index (χ1) is 12.5. The van der Waals surface area contributed by atoms with Crippen LogP contribution in [0, 0.1) is 6.92 Å². The van der Waals surface area contributed by atoms with Crippen LogP contribution in [0.4, 0.5) is 9.93 Å². The van der Waals surface area contributed by atoms with E-state index >= 15 is 0 Å². The van der Waals surface area contributed by atoms with Crippen LogP contribution >= 0.6 is 23.1 Å². The first-order valence-electron chi connectivity index (χ1n) is 8.52. The third-order valence-corrected chi connectivity index (χ3v) is 7.06. The van der Waals surface area contributed by atoms with E-state index in [1.165, 1.54) is 7.11 Å². The lowest BCUT2D eigenvalue weighted by Gasteiger charge is -2.16. The van der Waals surface area contributed by atoms with Crippen molar-refractivity contribution in [2.75, 3.05) is 18.2 Å². The molecule has 26 heavy (non-hydrogen) atoms. The second kappa shape index (κ2) is 8.26. The average molecular weight is 399 g/mol. The number of amides is 3. The minimum Gasteiger partial charge on any atom is -0.465 e. The van der Waals surface area contributed by atoms with Crippen molar-refractivity contribution >= 4 is 46.1 Å². The van der Waals surface area contributed by atoms with Gasteiger partial charge in [0.05, 0.1) is 24.9 Å². The summed E-state index contributed by atoms with van der Waals surface area (Å²) < 4.78 is 4.69. The number of carbonyl (C=O) groups is 3. The maximum atomic E-state index is 12.1. The van der Waals surface area contributed by atoms with E-state index in [0.717, 1.165) is 36.4 Å². The molecule has 3 amide bonds. The molecule has 0 aliphatic carbocycles. The Labute approximate surface area is 159 Å². The number of thiazole rings is 1. The SMILES string of the molecule is COC(=O)c1sc(NC(=O)CCCC[C@@H]2SC[C@@H]3NC(=O)N[C@H]32)nc1C. The molecule has 1 aromatic heterocycles. The Bertz CT molecular complexity index is 708. The number of unbranched alkanes of at least 4 members (excludes halogenated alkanes) is 1. The maximum absolute atomic E-state index is 12.1. The van der Waals surface area contributed by atoms with Gasteiger partial charge in [-0.05, 0) is 19.8 Å². The Morgan fingerprint density at radius 3 is 2.92 bits per heavy atom. The van der Waals surface area contributed by atoms with Gasteiger partial charge >= 0.3 is 12.0 Å². The highest BCUT2D eigenvalue weighted by molar-refractivity contribution is 8.00. The van der Waals surface area contributed by atoms with Gasteiger partial charge in [0.1, 0.15) is 4.88 Å². The molecule has 2 aliphatic heterocycles. The number of aromatic nitrogens is 1. The zero-order valence-corrected chi connectivity index (χ0v) is 16.3. The zero-order chi connectivity index (χ0) is 18.7. The smallest absolute Gasteiger partial charge is 0.350 e. The fraction of sp³-hybridized carbons (Fsp3) is 0.625. The Hall–Kier alpha value is -1.81. The van der Waals surface area contributed by atoms with Gasteiger partial charge in [-0.1, -0.05) is 17.8 Å². The number of nitrogens with zero attached hydrogens (tertiary/aromatic N) is 1. The molecule has 8 nitrogen and oxygen atoms in total. The minimum atomic E-state index is -0.443. The number of thioether (sulfide) groups is 1. The molecule has 1 aromatic rings. The number of fused-ring (bicyclic) bond motifs is 1. The van der Waals surface area contributed by atoms with Crippen LogP contribution in [-0.4, -0.2) is 53.1 Å². The molecule has 142 valence electrons. The standard InChI is InChI=1S/C16H22N4O4S2/c1-8-13(14(22)24-2)26-16(17-8)19-11(21)6-4-3-5-10-12-9(7-25-10)18-15(23)20-12/h9-10,12H,3-7H2,1-2H3,(H,17,19,21)(H2,18,20,23)/t9-,10-,12+/m0/s1. The largest absolute Gasteiger partial charge is 0.465 e. The Morgan fingerprint density at radius 2 is 2.15 bits per heavy atom. The summed E-state index contributed by atoms with van der Waals surface area (Å²) >= 11 is 3.00. The van der Waals surface area contributed by atoms with E-state index in [1.807, 2.05) is 11.8 Å². The number of rotatable bonds is 7. The van der Waals surface area contributed by atoms with Gasteiger partial charge in [0.15, 0.2) is 5.13 Å². The molecule has 10 heteroatoms. The number of carbonyl (C=O) groups excluding carboxylic acids is 3. The Balaban J connectivity index is 1.38. The average Bonchev–Trinajstić information content (AvgIpc) is 3.25. The fourth-order valence-electron chi connectivity index (χ4n) is 3.19. The Kier molecular flexibility index (Phi) is 6.02. The molecule has 2 fully saturated rings. The summed E-state index contributed by atoms with van der Waals surface area (Å²) in [5.41, 5.74) is 0.553. The van der Waals surface area contributed by atoms with E-state index in [2.05, 4.69) is 25.7 Å². The van der Waals surface area contributed by atoms with Gasteiger partial charge in [-0.3, -0.25) is 4.79 Å². The van der Waals surface area contributed by atoms with Crippen LogP contribution in [0.1, 0.15) is 41.0 Å². The number of nitrogens with one attached hydrogen (secondary N) is 3. The van der Waals surface area contributed by atoms with Crippen LogP contribution in [0.5, 0.6) is 0 Å². The molecule has 3 N–H and O–H groups in total. The van der Waals surface area contributed by atoms with Crippen LogP contribution in [0.25, 0.3) is 0 Å². The third-order valence-electron chi connectivity index (χ3n) is 4.49. The van der Waals surface area contributed by atoms with Crippen LogP contribution in [0.15, 0.2) is 0 Å². The summed E-state index contributed by atoms with van der Waals surface area (Å²) in [4.78, 5) is 39.6. The normalized spacial score (nSPS) is 23.9. The first-order valence-corrected chi connectivity index (χ1v) is 10.4. The number of ether oxygens (including phenoxy) is 1. The Morgan fingerprint density at radius 1 is 1.35 bits per heavy atom. The van der Waals surface area contributed by atoms with Crippen molar-refractivity contribution in [2.24, 2.45) is 0 Å². The summed E-state index contributed by atoms with van der Waals surface area (Å²) in [6.45, 7) is 1.71. The van der Waals surface area contributed by atoms with Crippen molar-refractivity contribution < 1.29 is 19.1 Å². The number of methoxy groups -OCH3 is 1. The van der Waals surface area contributed by atoms with E-state index in [-0.39, 0.29) is 24.0 Å². The van der Waals surface area contributed by atoms with Gasteiger partial charge in [-0.25, -0.2) is 14.6 Å². The maximum Gasteiger partial charge on any atom is 0.350 e. The van der Waals surface area contributed by atoms with Crippen LogP contribution < -0.4 is 16.0 Å². The number of aryl methyl sites for hydroxylation is 1. The van der Waals surface area contributed by atoms with E-state index in [0.29, 0.717) is 27.4 Å². The highest BCUT2D eigenvalue weighted by atomic mass is 32.2. The quantitative estimate of drug-likeness (QED) is 0.368. The van der Waals surface area contributed by atoms with E-state index in [9.17, 15) is 14.4 Å². The molecular weight excluding hydrogens is 376 g/mol. The van der Waals surface area contributed by atoms with E-state index in [1.54, 1.807) is 6.92 Å². The predicted octanol–water partition coefficient (Wildman–Crippen LogP) is 1.90. The van der Waals surface area contributed by atoms with Gasteiger partial charge in [0.25, 0.3) is 0 Å². The molecule has 2 saturated heterocycles. The molecule has 0 aromatic carbocycles. The summed E-state index contributed by atoms with van der Waals surface area (Å²) in [5, 5.41) is 9.47. The molecule has 2 aliphatic rings. The molecule has 0 unspecified atom stereocenters. The number of esters is 1. The summed E-state index contributed by atoms with van der Waals surface area (Å²) in [6.07, 6.45) is 3.08. The summed E-state index contributed by atoms with van der Waals surface area (Å²) in [6, 6.07) is 0.365.